The largest absolute Gasteiger partial charge is 0.390 e. The Morgan fingerprint density at radius 1 is 1.33 bits per heavy atom. The predicted octanol–water partition coefficient (Wildman–Crippen LogP) is 2.98. The molecule has 1 N–H and O–H groups in total. The highest BCUT2D eigenvalue weighted by molar-refractivity contribution is 6.36. The van der Waals surface area contributed by atoms with Crippen LogP contribution in [0.15, 0.2) is 18.2 Å². The number of nitrogens with zero attached hydrogens (tertiary/aromatic N) is 1. The van der Waals surface area contributed by atoms with Gasteiger partial charge in [-0.05, 0) is 38.0 Å². The summed E-state index contributed by atoms with van der Waals surface area (Å²) in [7, 11) is 0. The lowest BCUT2D eigenvalue weighted by atomic mass is 9.93. The van der Waals surface area contributed by atoms with Gasteiger partial charge >= 0.3 is 0 Å². The average molecular weight is 288 g/mol. The Labute approximate surface area is 116 Å². The number of benzene rings is 1. The lowest BCUT2D eigenvalue weighted by Crippen LogP contribution is -2.45. The van der Waals surface area contributed by atoms with Crippen molar-refractivity contribution in [2.45, 2.75) is 25.4 Å². The van der Waals surface area contributed by atoms with Gasteiger partial charge in [-0.15, -0.1) is 0 Å². The number of hydrogen-bond donors (Lipinski definition) is 1. The van der Waals surface area contributed by atoms with E-state index >= 15 is 0 Å². The Hall–Kier alpha value is -0.770. The molecule has 0 aromatic heterocycles. The van der Waals surface area contributed by atoms with E-state index in [0.29, 0.717) is 41.5 Å². The minimum absolute atomic E-state index is 0.104. The van der Waals surface area contributed by atoms with Gasteiger partial charge in [-0.3, -0.25) is 4.79 Å². The van der Waals surface area contributed by atoms with Gasteiger partial charge in [0.25, 0.3) is 5.91 Å². The molecule has 1 amide bonds. The third-order valence-corrected chi connectivity index (χ3v) is 3.84. The van der Waals surface area contributed by atoms with Crippen LogP contribution in [-0.2, 0) is 0 Å². The Morgan fingerprint density at radius 2 is 1.94 bits per heavy atom. The van der Waals surface area contributed by atoms with E-state index in [1.54, 1.807) is 30.0 Å². The maximum atomic E-state index is 12.3. The van der Waals surface area contributed by atoms with Crippen LogP contribution in [-0.4, -0.2) is 34.6 Å². The van der Waals surface area contributed by atoms with E-state index in [9.17, 15) is 9.90 Å². The summed E-state index contributed by atoms with van der Waals surface area (Å²) in [5.74, 6) is -0.104. The zero-order valence-corrected chi connectivity index (χ0v) is 11.6. The minimum Gasteiger partial charge on any atom is -0.390 e. The molecular formula is C13H15Cl2NO2. The molecule has 0 spiro atoms. The van der Waals surface area contributed by atoms with E-state index in [2.05, 4.69) is 0 Å². The molecule has 2 rings (SSSR count). The van der Waals surface area contributed by atoms with E-state index in [-0.39, 0.29) is 5.91 Å². The molecule has 5 heteroatoms. The van der Waals surface area contributed by atoms with E-state index in [1.807, 2.05) is 0 Å². The van der Waals surface area contributed by atoms with Gasteiger partial charge in [0.05, 0.1) is 16.2 Å². The second-order valence-electron chi connectivity index (χ2n) is 4.91. The molecule has 0 unspecified atom stereocenters. The summed E-state index contributed by atoms with van der Waals surface area (Å²) in [5.41, 5.74) is -0.205. The van der Waals surface area contributed by atoms with Crippen LogP contribution in [0, 0.1) is 0 Å². The molecule has 0 atom stereocenters. The number of amides is 1. The van der Waals surface area contributed by atoms with E-state index < -0.39 is 5.60 Å². The Bertz CT molecular complexity index is 464. The molecule has 18 heavy (non-hydrogen) atoms. The van der Waals surface area contributed by atoms with Crippen LogP contribution in [0.3, 0.4) is 0 Å². The van der Waals surface area contributed by atoms with Gasteiger partial charge in [0.15, 0.2) is 0 Å². The Morgan fingerprint density at radius 3 is 2.50 bits per heavy atom. The highest BCUT2D eigenvalue weighted by atomic mass is 35.5. The van der Waals surface area contributed by atoms with Crippen molar-refractivity contribution < 1.29 is 9.90 Å². The van der Waals surface area contributed by atoms with Crippen molar-refractivity contribution in [2.75, 3.05) is 13.1 Å². The molecule has 0 radical (unpaired) electrons. The third-order valence-electron chi connectivity index (χ3n) is 3.29. The first kappa shape index (κ1) is 13.7. The fourth-order valence-electron chi connectivity index (χ4n) is 2.02. The van der Waals surface area contributed by atoms with Gasteiger partial charge in [-0.1, -0.05) is 23.2 Å². The summed E-state index contributed by atoms with van der Waals surface area (Å²) in [6.45, 7) is 2.89. The lowest BCUT2D eigenvalue weighted by molar-refractivity contribution is -0.00201. The topological polar surface area (TPSA) is 40.5 Å². The van der Waals surface area contributed by atoms with Crippen molar-refractivity contribution in [1.82, 2.24) is 4.90 Å². The Balaban J connectivity index is 2.13. The second-order valence-corrected chi connectivity index (χ2v) is 5.76. The maximum absolute atomic E-state index is 12.3. The monoisotopic (exact) mass is 287 g/mol. The number of hydrogen-bond acceptors (Lipinski definition) is 2. The highest BCUT2D eigenvalue weighted by Crippen LogP contribution is 2.26. The predicted molar refractivity (Wildman–Crippen MR) is 72.2 cm³/mol. The van der Waals surface area contributed by atoms with Crippen LogP contribution >= 0.6 is 23.2 Å². The van der Waals surface area contributed by atoms with Crippen molar-refractivity contribution in [3.63, 3.8) is 0 Å². The number of rotatable bonds is 1. The van der Waals surface area contributed by atoms with E-state index in [4.69, 9.17) is 23.2 Å². The smallest absolute Gasteiger partial charge is 0.255 e. The molecule has 98 valence electrons. The molecule has 1 fully saturated rings. The number of carbonyl (C=O) groups is 1. The summed E-state index contributed by atoms with van der Waals surface area (Å²) in [5, 5.41) is 10.7. The normalized spacial score (nSPS) is 18.8. The number of likely N-dealkylation sites (tertiary alicyclic amines) is 1. The van der Waals surface area contributed by atoms with Crippen LogP contribution < -0.4 is 0 Å². The number of piperidine rings is 1. The fourth-order valence-corrected chi connectivity index (χ4v) is 2.51. The van der Waals surface area contributed by atoms with Crippen molar-refractivity contribution in [3.05, 3.63) is 33.8 Å². The standard InChI is InChI=1S/C13H15Cl2NO2/c1-13(18)4-6-16(7-5-13)12(17)10-3-2-9(14)8-11(10)15/h2-3,8,18H,4-7H2,1H3. The first-order valence-electron chi connectivity index (χ1n) is 5.86. The van der Waals surface area contributed by atoms with Crippen LogP contribution in [0.1, 0.15) is 30.1 Å². The van der Waals surface area contributed by atoms with Gasteiger partial charge < -0.3 is 10.0 Å². The molecule has 0 aliphatic carbocycles. The summed E-state index contributed by atoms with van der Waals surface area (Å²) in [6, 6.07) is 4.86. The molecule has 1 aromatic carbocycles. The molecule has 3 nitrogen and oxygen atoms in total. The van der Waals surface area contributed by atoms with E-state index in [1.165, 1.54) is 0 Å². The SMILES string of the molecule is CC1(O)CCN(C(=O)c2ccc(Cl)cc2Cl)CC1. The molecule has 1 saturated heterocycles. The Kier molecular flexibility index (Phi) is 3.85. The summed E-state index contributed by atoms with van der Waals surface area (Å²) in [6.07, 6.45) is 1.17. The second kappa shape index (κ2) is 5.08. The van der Waals surface area contributed by atoms with Gasteiger partial charge in [0.1, 0.15) is 0 Å². The van der Waals surface area contributed by atoms with Crippen molar-refractivity contribution in [3.8, 4) is 0 Å². The number of carbonyl (C=O) groups excluding carboxylic acids is 1. The zero-order valence-electron chi connectivity index (χ0n) is 10.1. The van der Waals surface area contributed by atoms with Crippen LogP contribution in [0.2, 0.25) is 10.0 Å². The average Bonchev–Trinajstić information content (AvgIpc) is 2.28. The van der Waals surface area contributed by atoms with Crippen LogP contribution in [0.5, 0.6) is 0 Å². The number of aliphatic hydroxyl groups is 1. The molecule has 0 saturated carbocycles. The summed E-state index contributed by atoms with van der Waals surface area (Å²) >= 11 is 11.8. The van der Waals surface area contributed by atoms with Gasteiger partial charge in [-0.2, -0.15) is 0 Å². The first-order chi connectivity index (χ1) is 8.39. The van der Waals surface area contributed by atoms with Crippen molar-refractivity contribution in [1.29, 1.82) is 0 Å². The van der Waals surface area contributed by atoms with E-state index in [0.717, 1.165) is 0 Å². The third kappa shape index (κ3) is 2.97. The van der Waals surface area contributed by atoms with Gasteiger partial charge in [0, 0.05) is 18.1 Å². The first-order valence-corrected chi connectivity index (χ1v) is 6.61. The maximum Gasteiger partial charge on any atom is 0.255 e. The molecule has 1 aromatic rings. The number of halogens is 2. The zero-order chi connectivity index (χ0) is 13.3. The van der Waals surface area contributed by atoms with Crippen LogP contribution in [0.25, 0.3) is 0 Å². The van der Waals surface area contributed by atoms with Crippen molar-refractivity contribution in [2.24, 2.45) is 0 Å². The quantitative estimate of drug-likeness (QED) is 0.863. The lowest BCUT2D eigenvalue weighted by Gasteiger charge is -2.35. The molecule has 1 aliphatic rings. The molecular weight excluding hydrogens is 273 g/mol. The summed E-state index contributed by atoms with van der Waals surface area (Å²) in [4.78, 5) is 14.0. The summed E-state index contributed by atoms with van der Waals surface area (Å²) < 4.78 is 0. The molecule has 1 heterocycles. The van der Waals surface area contributed by atoms with Crippen molar-refractivity contribution >= 4 is 29.1 Å². The van der Waals surface area contributed by atoms with Gasteiger partial charge in [-0.25, -0.2) is 0 Å². The van der Waals surface area contributed by atoms with Gasteiger partial charge in [0.2, 0.25) is 0 Å². The molecule has 0 bridgehead atoms. The minimum atomic E-state index is -0.666. The molecule has 1 aliphatic heterocycles. The highest BCUT2D eigenvalue weighted by Gasteiger charge is 2.30. The fraction of sp³-hybridized carbons (Fsp3) is 0.462. The van der Waals surface area contributed by atoms with Crippen LogP contribution in [0.4, 0.5) is 0 Å².